The zero-order valence-corrected chi connectivity index (χ0v) is 41.2. The van der Waals surface area contributed by atoms with Gasteiger partial charge in [0.1, 0.15) is 0 Å². The summed E-state index contributed by atoms with van der Waals surface area (Å²) in [6.45, 7) is 18.2. The molecule has 0 spiro atoms. The summed E-state index contributed by atoms with van der Waals surface area (Å²) < 4.78 is 11.2. The van der Waals surface area contributed by atoms with Crippen LogP contribution in [0.5, 0.6) is 0 Å². The first-order chi connectivity index (χ1) is 27.0. The number of nitrogens with zero attached hydrogens (tertiary/aromatic N) is 2. The Morgan fingerprint density at radius 1 is 0.603 bits per heavy atom. The van der Waals surface area contributed by atoms with Gasteiger partial charge in [0.15, 0.2) is 0 Å². The molecule has 2 aliphatic carbocycles. The number of hydrogen-bond acceptors (Lipinski definition) is 10. The third kappa shape index (κ3) is 14.4. The Morgan fingerprint density at radius 3 is 1.24 bits per heavy atom. The Balaban J connectivity index is 1.52. The van der Waals surface area contributed by atoms with Gasteiger partial charge in [0.05, 0.1) is 0 Å². The second kappa shape index (κ2) is 20.8. The number of carbonyl (C=O) groups excluding carboxylic acids is 6. The van der Waals surface area contributed by atoms with E-state index >= 15 is 0 Å². The van der Waals surface area contributed by atoms with Gasteiger partial charge in [-0.1, -0.05) is 0 Å². The predicted octanol–water partition coefficient (Wildman–Crippen LogP) is 5.19. The fourth-order valence-electron chi connectivity index (χ4n) is 7.73. The molecule has 6 amide bonds. The van der Waals surface area contributed by atoms with Crippen molar-refractivity contribution in [3.63, 3.8) is 0 Å². The van der Waals surface area contributed by atoms with Crippen LogP contribution < -0.4 is 21.3 Å². The first-order valence-corrected chi connectivity index (χ1v) is 29.5. The van der Waals surface area contributed by atoms with Gasteiger partial charge in [0.2, 0.25) is 0 Å². The molecule has 4 rings (SSSR count). The number of hydrogen-bond donors (Lipinski definition) is 4. The van der Waals surface area contributed by atoms with Crippen LogP contribution in [0.2, 0.25) is 10.6 Å². The molecule has 2 saturated heterocycles. The average molecular weight is 983 g/mol. The van der Waals surface area contributed by atoms with E-state index in [1.54, 1.807) is 51.3 Å². The van der Waals surface area contributed by atoms with E-state index in [-0.39, 0.29) is 72.6 Å². The molecule has 4 atom stereocenters. The standard InChI is InChI=1S/C40H68N6O8S2Se2/c1-37(2,3)53-35(51)43-27(33(49)45-29(21-55-39(45,7)8)31(47)41-25-17-13-11-14-18-25)23-57-58-24-28(44-36(52)54-38(4,5)6)34(50)46-30(22-56-40(46,9)10)32(48)42-26-19-15-12-16-20-26/h25-30H,11-24H2,1-10H3,(H,41,47)(H,42,48)(H,43,51)(H,44,52)/t27-,28-,29?,30?/m0/s1. The van der Waals surface area contributed by atoms with Crippen LogP contribution in [0, 0.1) is 0 Å². The number of rotatable bonds is 13. The van der Waals surface area contributed by atoms with E-state index < -0.39 is 57.3 Å². The number of nitrogens with one attached hydrogen (secondary N) is 4. The molecule has 4 fully saturated rings. The molecule has 4 N–H and O–H groups in total. The Kier molecular flexibility index (Phi) is 17.5. The molecule has 0 aromatic rings. The summed E-state index contributed by atoms with van der Waals surface area (Å²) in [4.78, 5) is 84.8. The number of amides is 6. The van der Waals surface area contributed by atoms with E-state index in [1.807, 2.05) is 27.7 Å². The number of carbonyl (C=O) groups is 6. The molecule has 2 unspecified atom stereocenters. The van der Waals surface area contributed by atoms with Crippen molar-refractivity contribution in [2.75, 3.05) is 11.5 Å². The van der Waals surface area contributed by atoms with E-state index in [0.717, 1.165) is 64.2 Å². The van der Waals surface area contributed by atoms with Crippen LogP contribution in [-0.2, 0) is 28.7 Å². The summed E-state index contributed by atoms with van der Waals surface area (Å²) in [7, 11) is 0. The van der Waals surface area contributed by atoms with Crippen molar-refractivity contribution in [2.24, 2.45) is 0 Å². The van der Waals surface area contributed by atoms with Gasteiger partial charge >= 0.3 is 368 Å². The second-order valence-corrected chi connectivity index (χ2v) is 29.4. The molecule has 2 heterocycles. The first kappa shape index (κ1) is 48.8. The van der Waals surface area contributed by atoms with Crippen LogP contribution in [0.3, 0.4) is 0 Å². The topological polar surface area (TPSA) is 175 Å². The number of ether oxygens (including phenoxy) is 2. The van der Waals surface area contributed by atoms with Crippen LogP contribution in [-0.4, -0.2) is 141 Å². The van der Waals surface area contributed by atoms with E-state index in [9.17, 15) is 28.8 Å². The number of alkyl carbamates (subject to hydrolysis) is 2. The Labute approximate surface area is 365 Å². The fraction of sp³-hybridized carbons (Fsp3) is 0.850. The van der Waals surface area contributed by atoms with Crippen molar-refractivity contribution >= 4 is 85.6 Å². The summed E-state index contributed by atoms with van der Waals surface area (Å²) in [6, 6.07) is -3.17. The molecular weight excluding hydrogens is 915 g/mol. The second-order valence-electron chi connectivity index (χ2n) is 18.6. The molecular formula is C40H68N6O8S2Se2. The normalized spacial score (nSPS) is 23.7. The zero-order valence-electron chi connectivity index (χ0n) is 36.2. The summed E-state index contributed by atoms with van der Waals surface area (Å²) in [5, 5.41) is 12.6. The summed E-state index contributed by atoms with van der Waals surface area (Å²) in [6.07, 6.45) is 8.80. The summed E-state index contributed by atoms with van der Waals surface area (Å²) >= 11 is 2.54. The van der Waals surface area contributed by atoms with Crippen LogP contribution in [0.25, 0.3) is 0 Å². The molecule has 18 heteroatoms. The predicted molar refractivity (Wildman–Crippen MR) is 232 cm³/mol. The van der Waals surface area contributed by atoms with Crippen molar-refractivity contribution in [1.82, 2.24) is 31.1 Å². The van der Waals surface area contributed by atoms with E-state index in [0.29, 0.717) is 11.5 Å². The monoisotopic (exact) mass is 984 g/mol. The minimum absolute atomic E-state index is 0.0878. The van der Waals surface area contributed by atoms with Gasteiger partial charge in [-0.25, -0.2) is 0 Å². The molecule has 0 aromatic carbocycles. The Hall–Kier alpha value is -1.84. The van der Waals surface area contributed by atoms with Gasteiger partial charge in [-0.2, -0.15) is 0 Å². The van der Waals surface area contributed by atoms with Crippen LogP contribution in [0.1, 0.15) is 133 Å². The maximum absolute atomic E-state index is 14.6. The first-order valence-electron chi connectivity index (χ1n) is 20.8. The molecule has 14 nitrogen and oxygen atoms in total. The van der Waals surface area contributed by atoms with E-state index in [1.165, 1.54) is 23.5 Å². The van der Waals surface area contributed by atoms with Gasteiger partial charge < -0.3 is 0 Å². The van der Waals surface area contributed by atoms with Gasteiger partial charge in [0.25, 0.3) is 0 Å². The van der Waals surface area contributed by atoms with Gasteiger partial charge in [0, 0.05) is 0 Å². The molecule has 0 radical (unpaired) electrons. The van der Waals surface area contributed by atoms with Crippen molar-refractivity contribution < 1.29 is 38.2 Å². The minimum atomic E-state index is -0.977. The summed E-state index contributed by atoms with van der Waals surface area (Å²) in [5.41, 5.74) is -1.60. The fourth-order valence-corrected chi connectivity index (χ4v) is 17.2. The van der Waals surface area contributed by atoms with Gasteiger partial charge in [-0.05, 0) is 0 Å². The van der Waals surface area contributed by atoms with Crippen molar-refractivity contribution in [1.29, 1.82) is 0 Å². The average Bonchev–Trinajstić information content (AvgIpc) is 3.61. The van der Waals surface area contributed by atoms with Gasteiger partial charge in [-0.15, -0.1) is 0 Å². The molecule has 2 saturated carbocycles. The molecule has 4 aliphatic rings. The Bertz CT molecular complexity index is 1370. The van der Waals surface area contributed by atoms with Crippen molar-refractivity contribution in [3.05, 3.63) is 0 Å². The van der Waals surface area contributed by atoms with Crippen LogP contribution in [0.15, 0.2) is 0 Å². The molecule has 0 aromatic heterocycles. The number of thioether (sulfide) groups is 2. The quantitative estimate of drug-likeness (QED) is 0.142. The molecule has 0 bridgehead atoms. The molecule has 330 valence electrons. The van der Waals surface area contributed by atoms with E-state index in [2.05, 4.69) is 21.3 Å². The maximum atomic E-state index is 14.6. The molecule has 58 heavy (non-hydrogen) atoms. The van der Waals surface area contributed by atoms with Crippen molar-refractivity contribution in [2.45, 2.75) is 201 Å². The van der Waals surface area contributed by atoms with E-state index in [4.69, 9.17) is 9.47 Å². The summed E-state index contributed by atoms with van der Waals surface area (Å²) in [5.74, 6) is -0.179. The van der Waals surface area contributed by atoms with Crippen LogP contribution >= 0.6 is 23.5 Å². The third-order valence-electron chi connectivity index (χ3n) is 10.5. The van der Waals surface area contributed by atoms with Crippen molar-refractivity contribution in [3.8, 4) is 0 Å². The molecule has 2 aliphatic heterocycles. The van der Waals surface area contributed by atoms with Crippen LogP contribution in [0.4, 0.5) is 9.59 Å². The van der Waals surface area contributed by atoms with Gasteiger partial charge in [-0.3, -0.25) is 0 Å². The third-order valence-corrected chi connectivity index (χ3v) is 20.4. The zero-order chi connectivity index (χ0) is 43.1. The Morgan fingerprint density at radius 2 is 0.931 bits per heavy atom. The SMILES string of the molecule is CC(C)(C)OC(=O)N[C@@H](C[Se][Se]C[C@H](NC(=O)OC(C)(C)C)C(=O)N1C(C(=O)NC2CCCCC2)CSC1(C)C)C(=O)N1C(C(=O)NC2CCCCC2)CSC1(C)C.